The lowest BCUT2D eigenvalue weighted by Gasteiger charge is -1.95. The summed E-state index contributed by atoms with van der Waals surface area (Å²) in [5, 5.41) is 9.36. The fraction of sp³-hybridized carbons (Fsp3) is 0.100. The zero-order chi connectivity index (χ0) is 9.97. The van der Waals surface area contributed by atoms with E-state index in [1.54, 1.807) is 23.0 Å². The van der Waals surface area contributed by atoms with Gasteiger partial charge in [-0.15, -0.1) is 0 Å². The van der Waals surface area contributed by atoms with Crippen LogP contribution in [-0.2, 0) is 6.54 Å². The molecule has 2 heterocycles. The molecule has 2 aromatic rings. The number of nitriles is 1. The van der Waals surface area contributed by atoms with E-state index < -0.39 is 0 Å². The molecule has 4 nitrogen and oxygen atoms in total. The summed E-state index contributed by atoms with van der Waals surface area (Å²) in [7, 11) is 0. The molecule has 0 N–H and O–H groups in total. The third-order valence-electron chi connectivity index (χ3n) is 2.03. The van der Waals surface area contributed by atoms with E-state index in [0.29, 0.717) is 11.2 Å². The number of fused-ring (bicyclic) bond motifs is 1. The highest BCUT2D eigenvalue weighted by molar-refractivity contribution is 5.95. The van der Waals surface area contributed by atoms with Gasteiger partial charge in [-0.2, -0.15) is 5.26 Å². The lowest BCUT2D eigenvalue weighted by atomic mass is 10.2. The Hall–Kier alpha value is -2.15. The van der Waals surface area contributed by atoms with Crippen LogP contribution in [0.2, 0.25) is 0 Å². The molecule has 0 bridgehead atoms. The number of aromatic nitrogens is 2. The number of carbonyl (C=O) groups excluding carboxylic acids is 1. The first-order valence-electron chi connectivity index (χ1n) is 4.13. The first-order valence-corrected chi connectivity index (χ1v) is 4.13. The van der Waals surface area contributed by atoms with E-state index in [1.165, 1.54) is 0 Å². The topological polar surface area (TPSA) is 58.7 Å². The van der Waals surface area contributed by atoms with Crippen molar-refractivity contribution in [3.63, 3.8) is 0 Å². The molecule has 0 fully saturated rings. The summed E-state index contributed by atoms with van der Waals surface area (Å²) in [6.45, 7) is 0.210. The Kier molecular flexibility index (Phi) is 1.99. The fourth-order valence-corrected chi connectivity index (χ4v) is 1.44. The molecule has 0 aliphatic rings. The Morgan fingerprint density at radius 1 is 1.64 bits per heavy atom. The lowest BCUT2D eigenvalue weighted by molar-refractivity contribution is 0.112. The molecule has 0 radical (unpaired) electrons. The Labute approximate surface area is 80.4 Å². The van der Waals surface area contributed by atoms with Crippen molar-refractivity contribution < 1.29 is 4.79 Å². The first kappa shape index (κ1) is 8.45. The molecule has 0 atom stereocenters. The lowest BCUT2D eigenvalue weighted by Crippen LogP contribution is -1.93. The minimum Gasteiger partial charge on any atom is -0.318 e. The highest BCUT2D eigenvalue weighted by Gasteiger charge is 2.07. The van der Waals surface area contributed by atoms with Crippen molar-refractivity contribution in [1.29, 1.82) is 5.26 Å². The van der Waals surface area contributed by atoms with Crippen molar-refractivity contribution in [3.8, 4) is 6.07 Å². The van der Waals surface area contributed by atoms with Gasteiger partial charge in [0.25, 0.3) is 0 Å². The van der Waals surface area contributed by atoms with Crippen LogP contribution >= 0.6 is 0 Å². The molecule has 14 heavy (non-hydrogen) atoms. The molecule has 0 saturated carbocycles. The van der Waals surface area contributed by atoms with E-state index in [2.05, 4.69) is 4.98 Å². The highest BCUT2D eigenvalue weighted by Crippen LogP contribution is 2.17. The van der Waals surface area contributed by atoms with E-state index >= 15 is 0 Å². The number of hydrogen-bond donors (Lipinski definition) is 0. The smallest absolute Gasteiger partial charge is 0.152 e. The Morgan fingerprint density at radius 3 is 3.21 bits per heavy atom. The van der Waals surface area contributed by atoms with E-state index in [1.807, 2.05) is 12.1 Å². The van der Waals surface area contributed by atoms with Crippen molar-refractivity contribution in [2.45, 2.75) is 6.54 Å². The zero-order valence-electron chi connectivity index (χ0n) is 7.34. The van der Waals surface area contributed by atoms with Crippen molar-refractivity contribution in [2.24, 2.45) is 0 Å². The van der Waals surface area contributed by atoms with Gasteiger partial charge >= 0.3 is 0 Å². The van der Waals surface area contributed by atoms with Crippen LogP contribution in [0, 0.1) is 11.3 Å². The number of aldehydes is 1. The third-order valence-corrected chi connectivity index (χ3v) is 2.03. The van der Waals surface area contributed by atoms with Gasteiger partial charge in [-0.05, 0) is 12.1 Å². The molecule has 0 aliphatic carbocycles. The summed E-state index contributed by atoms with van der Waals surface area (Å²) in [5.74, 6) is 0. The standard InChI is InChI=1S/C10H7N3O/c11-3-5-13-6-8(7-14)9-2-1-4-12-10(9)13/h1-2,4,6-7H,5H2. The SMILES string of the molecule is N#CCn1cc(C=O)c2cccnc21. The highest BCUT2D eigenvalue weighted by atomic mass is 16.1. The second-order valence-corrected chi connectivity index (χ2v) is 2.86. The molecule has 2 rings (SSSR count). The summed E-state index contributed by atoms with van der Waals surface area (Å²) in [4.78, 5) is 14.8. The summed E-state index contributed by atoms with van der Waals surface area (Å²) in [6, 6.07) is 5.61. The number of nitrogens with zero attached hydrogens (tertiary/aromatic N) is 3. The van der Waals surface area contributed by atoms with Crippen LogP contribution < -0.4 is 0 Å². The van der Waals surface area contributed by atoms with E-state index in [9.17, 15) is 4.79 Å². The Bertz CT molecular complexity index is 522. The summed E-state index contributed by atoms with van der Waals surface area (Å²) < 4.78 is 1.67. The molecule has 0 unspecified atom stereocenters. The second-order valence-electron chi connectivity index (χ2n) is 2.86. The van der Waals surface area contributed by atoms with Crippen LogP contribution in [0.25, 0.3) is 11.0 Å². The zero-order valence-corrected chi connectivity index (χ0v) is 7.34. The van der Waals surface area contributed by atoms with Gasteiger partial charge in [0, 0.05) is 23.3 Å². The van der Waals surface area contributed by atoms with Gasteiger partial charge in [-0.3, -0.25) is 4.79 Å². The summed E-state index contributed by atoms with van der Waals surface area (Å²) in [6.07, 6.45) is 4.07. The molecule has 68 valence electrons. The van der Waals surface area contributed by atoms with Gasteiger partial charge in [0.2, 0.25) is 0 Å². The first-order chi connectivity index (χ1) is 6.86. The van der Waals surface area contributed by atoms with Gasteiger partial charge in [-0.25, -0.2) is 4.98 Å². The van der Waals surface area contributed by atoms with Crippen LogP contribution in [0.15, 0.2) is 24.5 Å². The maximum Gasteiger partial charge on any atom is 0.152 e. The monoisotopic (exact) mass is 185 g/mol. The molecule has 0 aromatic carbocycles. The van der Waals surface area contributed by atoms with Crippen molar-refractivity contribution in [1.82, 2.24) is 9.55 Å². The second kappa shape index (κ2) is 3.30. The Balaban J connectivity index is 2.74. The minimum atomic E-state index is 0.210. The quantitative estimate of drug-likeness (QED) is 0.664. The van der Waals surface area contributed by atoms with Crippen molar-refractivity contribution in [2.75, 3.05) is 0 Å². The average molecular weight is 185 g/mol. The third kappa shape index (κ3) is 1.15. The maximum atomic E-state index is 10.7. The molecular formula is C10H7N3O. The van der Waals surface area contributed by atoms with Gasteiger partial charge in [-0.1, -0.05) is 0 Å². The maximum absolute atomic E-state index is 10.7. The number of pyridine rings is 1. The van der Waals surface area contributed by atoms with Crippen LogP contribution in [-0.4, -0.2) is 15.8 Å². The van der Waals surface area contributed by atoms with Crippen LogP contribution in [0.3, 0.4) is 0 Å². The molecule has 4 heteroatoms. The molecule has 0 aliphatic heterocycles. The predicted molar refractivity (Wildman–Crippen MR) is 50.7 cm³/mol. The van der Waals surface area contributed by atoms with Gasteiger partial charge in [0.05, 0.1) is 6.07 Å². The van der Waals surface area contributed by atoms with Crippen LogP contribution in [0.1, 0.15) is 10.4 Å². The average Bonchev–Trinajstić information content (AvgIpc) is 2.58. The largest absolute Gasteiger partial charge is 0.318 e. The van der Waals surface area contributed by atoms with Crippen molar-refractivity contribution >= 4 is 17.3 Å². The van der Waals surface area contributed by atoms with Gasteiger partial charge in [0.15, 0.2) is 6.29 Å². The molecule has 2 aromatic heterocycles. The van der Waals surface area contributed by atoms with Gasteiger partial charge in [0.1, 0.15) is 12.2 Å². The summed E-state index contributed by atoms with van der Waals surface area (Å²) in [5.41, 5.74) is 1.25. The predicted octanol–water partition coefficient (Wildman–Crippen LogP) is 1.37. The van der Waals surface area contributed by atoms with E-state index in [-0.39, 0.29) is 6.54 Å². The van der Waals surface area contributed by atoms with E-state index in [4.69, 9.17) is 5.26 Å². The van der Waals surface area contributed by atoms with Crippen LogP contribution in [0.4, 0.5) is 0 Å². The molecular weight excluding hydrogens is 178 g/mol. The van der Waals surface area contributed by atoms with Gasteiger partial charge < -0.3 is 4.57 Å². The normalized spacial score (nSPS) is 9.93. The van der Waals surface area contributed by atoms with E-state index in [0.717, 1.165) is 11.7 Å². The summed E-state index contributed by atoms with van der Waals surface area (Å²) >= 11 is 0. The minimum absolute atomic E-state index is 0.210. The Morgan fingerprint density at radius 2 is 2.50 bits per heavy atom. The van der Waals surface area contributed by atoms with Crippen molar-refractivity contribution in [3.05, 3.63) is 30.1 Å². The number of hydrogen-bond acceptors (Lipinski definition) is 3. The van der Waals surface area contributed by atoms with Crippen LogP contribution in [0.5, 0.6) is 0 Å². The molecule has 0 spiro atoms. The number of rotatable bonds is 2. The molecule has 0 saturated heterocycles. The number of carbonyl (C=O) groups is 1. The fourth-order valence-electron chi connectivity index (χ4n) is 1.44. The molecule has 0 amide bonds.